The zero-order valence-corrected chi connectivity index (χ0v) is 26.9. The van der Waals surface area contributed by atoms with E-state index in [4.69, 9.17) is 14.7 Å². The number of ether oxygens (including phenoxy) is 1. The van der Waals surface area contributed by atoms with E-state index in [1.807, 2.05) is 41.2 Å². The van der Waals surface area contributed by atoms with E-state index in [0.29, 0.717) is 32.3 Å². The second kappa shape index (κ2) is 13.9. The van der Waals surface area contributed by atoms with E-state index in [2.05, 4.69) is 87.2 Å². The van der Waals surface area contributed by atoms with Gasteiger partial charge in [0.1, 0.15) is 12.3 Å². The molecular formula is C35H51N3O4+2. The molecular weight excluding hydrogens is 526 g/mol. The Kier molecular flexibility index (Phi) is 11.1. The number of hydrogen-bond acceptors (Lipinski definition) is 5. The Morgan fingerprint density at radius 3 is 2.62 bits per heavy atom. The van der Waals surface area contributed by atoms with Gasteiger partial charge in [0, 0.05) is 17.4 Å². The quantitative estimate of drug-likeness (QED) is 0.101. The molecule has 0 bridgehead atoms. The van der Waals surface area contributed by atoms with Crippen LogP contribution in [0.3, 0.4) is 0 Å². The molecule has 3 rings (SSSR count). The SMILES string of the molecule is C=CC(C)(C)C[N+](C)(C)C(=O)[N+](C)(C)c1cccc(C2=CC(C)CC=C3C=C(C(C)=NOCCOCCO)C=CC32)c1. The number of carbonyl (C=O) groups is 1. The highest BCUT2D eigenvalue weighted by molar-refractivity contribution is 6.01. The first-order valence-corrected chi connectivity index (χ1v) is 14.9. The Hall–Kier alpha value is -3.10. The largest absolute Gasteiger partial charge is 0.518 e. The molecule has 1 aromatic carbocycles. The standard InChI is InChI=1S/C35H51N3O4/c1-10-35(4,5)25-37(6,7)34(40)38(8,9)31-13-11-12-29(24-31)33-22-26(2)14-15-30-23-28(16-17-32(30)33)27(3)36-42-21-20-41-19-18-39/h10-13,15-17,22-24,26,32,39H,1,14,18-21,25H2,2-9H3/q+2. The number of carbonyl (C=O) groups excluding carboxylic acids is 1. The molecule has 0 radical (unpaired) electrons. The number of rotatable bonds is 12. The highest BCUT2D eigenvalue weighted by Crippen LogP contribution is 2.40. The maximum atomic E-state index is 14.0. The second-order valence-corrected chi connectivity index (χ2v) is 13.1. The van der Waals surface area contributed by atoms with Gasteiger partial charge in [-0.2, -0.15) is 9.28 Å². The van der Waals surface area contributed by atoms with E-state index in [1.54, 1.807) is 0 Å². The molecule has 0 fully saturated rings. The van der Waals surface area contributed by atoms with Crippen LogP contribution >= 0.6 is 0 Å². The Morgan fingerprint density at radius 1 is 1.19 bits per heavy atom. The fourth-order valence-corrected chi connectivity index (χ4v) is 5.83. The number of aliphatic hydroxyl groups excluding tert-OH is 1. The van der Waals surface area contributed by atoms with Crippen molar-refractivity contribution < 1.29 is 24.0 Å². The van der Waals surface area contributed by atoms with Gasteiger partial charge in [-0.1, -0.05) is 68.4 Å². The van der Waals surface area contributed by atoms with Crippen molar-refractivity contribution in [3.63, 3.8) is 0 Å². The van der Waals surface area contributed by atoms with Gasteiger partial charge < -0.3 is 14.7 Å². The monoisotopic (exact) mass is 577 g/mol. The molecule has 0 saturated carbocycles. The summed E-state index contributed by atoms with van der Waals surface area (Å²) >= 11 is 0. The van der Waals surface area contributed by atoms with Crippen molar-refractivity contribution in [2.24, 2.45) is 22.4 Å². The van der Waals surface area contributed by atoms with Crippen LogP contribution < -0.4 is 4.48 Å². The molecule has 0 aliphatic heterocycles. The van der Waals surface area contributed by atoms with E-state index < -0.39 is 0 Å². The number of allylic oxidation sites excluding steroid dienone is 8. The molecule has 0 aromatic heterocycles. The summed E-state index contributed by atoms with van der Waals surface area (Å²) in [6.45, 7) is 14.1. The molecule has 2 atom stereocenters. The summed E-state index contributed by atoms with van der Waals surface area (Å²) in [5.74, 6) is 0.492. The van der Waals surface area contributed by atoms with Crippen molar-refractivity contribution in [3.8, 4) is 0 Å². The van der Waals surface area contributed by atoms with Crippen LogP contribution in [0.15, 0.2) is 83.6 Å². The van der Waals surface area contributed by atoms with Crippen LogP contribution in [-0.4, -0.2) is 82.5 Å². The summed E-state index contributed by atoms with van der Waals surface area (Å²) in [5.41, 5.74) is 6.24. The molecule has 0 saturated heterocycles. The van der Waals surface area contributed by atoms with Crippen LogP contribution in [-0.2, 0) is 9.57 Å². The van der Waals surface area contributed by atoms with E-state index in [1.165, 1.54) is 11.1 Å². The second-order valence-electron chi connectivity index (χ2n) is 13.1. The molecule has 42 heavy (non-hydrogen) atoms. The summed E-state index contributed by atoms with van der Waals surface area (Å²) in [7, 11) is 7.94. The lowest BCUT2D eigenvalue weighted by Crippen LogP contribution is -2.63. The van der Waals surface area contributed by atoms with Crippen molar-refractivity contribution >= 4 is 23.0 Å². The van der Waals surface area contributed by atoms with Crippen molar-refractivity contribution in [1.29, 1.82) is 0 Å². The number of fused-ring (bicyclic) bond motifs is 1. The average molecular weight is 578 g/mol. The summed E-state index contributed by atoms with van der Waals surface area (Å²) in [4.78, 5) is 19.4. The van der Waals surface area contributed by atoms with Gasteiger partial charge in [-0.3, -0.25) is 0 Å². The van der Waals surface area contributed by atoms with Gasteiger partial charge in [-0.05, 0) is 53.7 Å². The van der Waals surface area contributed by atoms with Gasteiger partial charge in [-0.15, -0.1) is 6.58 Å². The minimum atomic E-state index is -0.158. The van der Waals surface area contributed by atoms with Crippen LogP contribution in [0.1, 0.15) is 39.7 Å². The summed E-state index contributed by atoms with van der Waals surface area (Å²) in [6, 6.07) is 8.58. The Bertz CT molecular complexity index is 1300. The van der Waals surface area contributed by atoms with Gasteiger partial charge >= 0.3 is 6.03 Å². The Labute approximate surface area is 253 Å². The van der Waals surface area contributed by atoms with E-state index >= 15 is 0 Å². The van der Waals surface area contributed by atoms with Gasteiger partial charge in [0.05, 0.1) is 60.3 Å². The third-order valence-electron chi connectivity index (χ3n) is 8.02. The number of quaternary nitrogens is 2. The van der Waals surface area contributed by atoms with Crippen LogP contribution in [0, 0.1) is 17.3 Å². The highest BCUT2D eigenvalue weighted by Gasteiger charge is 2.46. The Morgan fingerprint density at radius 2 is 1.93 bits per heavy atom. The number of urea groups is 1. The molecule has 2 unspecified atom stereocenters. The summed E-state index contributed by atoms with van der Waals surface area (Å²) in [6.07, 6.45) is 14.1. The van der Waals surface area contributed by atoms with Gasteiger partial charge in [0.25, 0.3) is 0 Å². The number of nitrogens with zero attached hydrogens (tertiary/aromatic N) is 3. The number of oxime groups is 1. The lowest BCUT2D eigenvalue weighted by atomic mass is 9.82. The van der Waals surface area contributed by atoms with E-state index in [-0.39, 0.29) is 32.9 Å². The van der Waals surface area contributed by atoms with Crippen molar-refractivity contribution in [1.82, 2.24) is 4.48 Å². The molecule has 0 spiro atoms. The molecule has 7 nitrogen and oxygen atoms in total. The molecule has 2 aliphatic rings. The van der Waals surface area contributed by atoms with Crippen LogP contribution in [0.5, 0.6) is 0 Å². The number of benzene rings is 1. The molecule has 7 heteroatoms. The van der Waals surface area contributed by atoms with Crippen molar-refractivity contribution in [2.45, 2.75) is 34.1 Å². The topological polar surface area (TPSA) is 68.1 Å². The first kappa shape index (κ1) is 33.4. The number of hydrogen-bond donors (Lipinski definition) is 1. The number of aliphatic hydroxyl groups is 1. The first-order chi connectivity index (χ1) is 19.7. The van der Waals surface area contributed by atoms with Crippen LogP contribution in [0.2, 0.25) is 0 Å². The molecule has 1 aromatic rings. The average Bonchev–Trinajstić information content (AvgIpc) is 3.12. The normalized spacial score (nSPS) is 19.7. The summed E-state index contributed by atoms with van der Waals surface area (Å²) < 4.78 is 5.62. The highest BCUT2D eigenvalue weighted by atomic mass is 16.6. The third-order valence-corrected chi connectivity index (χ3v) is 8.02. The van der Waals surface area contributed by atoms with Crippen molar-refractivity contribution in [2.75, 3.05) is 61.2 Å². The molecule has 2 amide bonds. The van der Waals surface area contributed by atoms with Crippen LogP contribution in [0.4, 0.5) is 10.5 Å². The van der Waals surface area contributed by atoms with Gasteiger partial charge in [0.15, 0.2) is 0 Å². The fourth-order valence-electron chi connectivity index (χ4n) is 5.83. The minimum Gasteiger partial charge on any atom is -0.394 e. The maximum Gasteiger partial charge on any atom is 0.518 e. The summed E-state index contributed by atoms with van der Waals surface area (Å²) in [5, 5.41) is 13.1. The van der Waals surface area contributed by atoms with E-state index in [9.17, 15) is 4.79 Å². The maximum absolute atomic E-state index is 14.0. The smallest absolute Gasteiger partial charge is 0.394 e. The van der Waals surface area contributed by atoms with Gasteiger partial charge in [0.2, 0.25) is 0 Å². The predicted octanol–water partition coefficient (Wildman–Crippen LogP) is 6.53. The molecule has 228 valence electrons. The van der Waals surface area contributed by atoms with Crippen molar-refractivity contribution in [3.05, 3.63) is 84.0 Å². The zero-order valence-electron chi connectivity index (χ0n) is 26.9. The zero-order chi connectivity index (χ0) is 31.1. The molecule has 0 heterocycles. The first-order valence-electron chi connectivity index (χ1n) is 14.9. The molecule has 1 N–H and O–H groups in total. The van der Waals surface area contributed by atoms with E-state index in [0.717, 1.165) is 29.0 Å². The fraction of sp³-hybridized carbons (Fsp3) is 0.486. The third kappa shape index (κ3) is 8.26. The van der Waals surface area contributed by atoms with Gasteiger partial charge in [-0.25, -0.2) is 4.48 Å². The molecule has 2 aliphatic carbocycles. The Balaban J connectivity index is 1.86. The predicted molar refractivity (Wildman–Crippen MR) is 174 cm³/mol. The lowest BCUT2D eigenvalue weighted by Gasteiger charge is -2.37. The lowest BCUT2D eigenvalue weighted by molar-refractivity contribution is -0.818. The number of amides is 2. The minimum absolute atomic E-state index is 0.00329. The van der Waals surface area contributed by atoms with Crippen LogP contribution in [0.25, 0.3) is 5.57 Å².